The van der Waals surface area contributed by atoms with Crippen molar-refractivity contribution in [3.8, 4) is 5.75 Å². The minimum Gasteiger partial charge on any atom is -0.492 e. The van der Waals surface area contributed by atoms with Gasteiger partial charge in [0.2, 0.25) is 5.91 Å². The van der Waals surface area contributed by atoms with Crippen molar-refractivity contribution in [1.82, 2.24) is 15.5 Å². The maximum absolute atomic E-state index is 11.5. The molecule has 6 heteroatoms. The number of benzene rings is 1. The Morgan fingerprint density at radius 3 is 2.83 bits per heavy atom. The molecule has 1 aliphatic rings. The lowest BCUT2D eigenvalue weighted by Gasteiger charge is -2.15. The lowest BCUT2D eigenvalue weighted by Crippen LogP contribution is -2.39. The van der Waals surface area contributed by atoms with Crippen LogP contribution in [0.4, 0.5) is 0 Å². The minimum absolute atomic E-state index is 0.280. The zero-order valence-electron chi connectivity index (χ0n) is 14.5. The number of rotatable bonds is 9. The third-order valence-corrected chi connectivity index (χ3v) is 3.78. The molecule has 1 amide bonds. The molecule has 6 nitrogen and oxygen atoms in total. The SMILES string of the molecule is CCNC(=NCCCN1CCCC1=O)NCCOc1ccccc1. The Labute approximate surface area is 144 Å². The first kappa shape index (κ1) is 18.1. The van der Waals surface area contributed by atoms with Crippen molar-refractivity contribution in [2.45, 2.75) is 26.2 Å². The average Bonchev–Trinajstić information content (AvgIpc) is 3.01. The zero-order chi connectivity index (χ0) is 17.0. The number of amides is 1. The van der Waals surface area contributed by atoms with Crippen molar-refractivity contribution in [3.63, 3.8) is 0 Å². The molecule has 1 aromatic carbocycles. The lowest BCUT2D eigenvalue weighted by atomic mass is 10.3. The maximum atomic E-state index is 11.5. The van der Waals surface area contributed by atoms with Crippen LogP contribution in [0.2, 0.25) is 0 Å². The number of guanidine groups is 1. The predicted octanol–water partition coefficient (Wildman–Crippen LogP) is 1.63. The van der Waals surface area contributed by atoms with Crippen molar-refractivity contribution < 1.29 is 9.53 Å². The molecule has 0 radical (unpaired) electrons. The van der Waals surface area contributed by atoms with Gasteiger partial charge in [0.25, 0.3) is 0 Å². The van der Waals surface area contributed by atoms with E-state index in [2.05, 4.69) is 15.6 Å². The number of likely N-dealkylation sites (tertiary alicyclic amines) is 1. The topological polar surface area (TPSA) is 66.0 Å². The Balaban J connectivity index is 1.63. The number of carbonyl (C=O) groups is 1. The smallest absolute Gasteiger partial charge is 0.222 e. The summed E-state index contributed by atoms with van der Waals surface area (Å²) < 4.78 is 5.65. The molecule has 0 spiro atoms. The molecule has 132 valence electrons. The highest BCUT2D eigenvalue weighted by Gasteiger charge is 2.18. The highest BCUT2D eigenvalue weighted by atomic mass is 16.5. The fourth-order valence-electron chi connectivity index (χ4n) is 2.59. The summed E-state index contributed by atoms with van der Waals surface area (Å²) >= 11 is 0. The van der Waals surface area contributed by atoms with E-state index >= 15 is 0 Å². The molecule has 2 N–H and O–H groups in total. The Morgan fingerprint density at radius 2 is 2.12 bits per heavy atom. The molecule has 2 rings (SSSR count). The molecular formula is C18H28N4O2. The van der Waals surface area contributed by atoms with Crippen molar-refractivity contribution in [1.29, 1.82) is 0 Å². The summed E-state index contributed by atoms with van der Waals surface area (Å²) in [7, 11) is 0. The molecule has 1 saturated heterocycles. The van der Waals surface area contributed by atoms with E-state index in [1.165, 1.54) is 0 Å². The van der Waals surface area contributed by atoms with Crippen LogP contribution in [0.25, 0.3) is 0 Å². The number of ether oxygens (including phenoxy) is 1. The van der Waals surface area contributed by atoms with Crippen LogP contribution in [0.5, 0.6) is 5.75 Å². The molecule has 0 atom stereocenters. The van der Waals surface area contributed by atoms with Crippen LogP contribution in [0.15, 0.2) is 35.3 Å². The van der Waals surface area contributed by atoms with Crippen molar-refractivity contribution in [2.24, 2.45) is 4.99 Å². The zero-order valence-corrected chi connectivity index (χ0v) is 14.5. The van der Waals surface area contributed by atoms with Crippen LogP contribution >= 0.6 is 0 Å². The summed E-state index contributed by atoms with van der Waals surface area (Å²) in [6.45, 7) is 6.54. The number of aliphatic imine (C=N–C) groups is 1. The number of para-hydroxylation sites is 1. The summed E-state index contributed by atoms with van der Waals surface area (Å²) in [5.41, 5.74) is 0. The Morgan fingerprint density at radius 1 is 1.29 bits per heavy atom. The lowest BCUT2D eigenvalue weighted by molar-refractivity contribution is -0.127. The average molecular weight is 332 g/mol. The van der Waals surface area contributed by atoms with E-state index in [0.717, 1.165) is 44.2 Å². The van der Waals surface area contributed by atoms with Crippen LogP contribution in [-0.2, 0) is 4.79 Å². The van der Waals surface area contributed by atoms with E-state index in [4.69, 9.17) is 4.74 Å². The number of nitrogens with one attached hydrogen (secondary N) is 2. The Bertz CT molecular complexity index is 519. The largest absolute Gasteiger partial charge is 0.492 e. The van der Waals surface area contributed by atoms with Gasteiger partial charge in [-0.3, -0.25) is 9.79 Å². The van der Waals surface area contributed by atoms with Gasteiger partial charge in [-0.05, 0) is 31.9 Å². The second kappa shape index (κ2) is 10.5. The van der Waals surface area contributed by atoms with Crippen molar-refractivity contribution in [2.75, 3.05) is 39.3 Å². The Hall–Kier alpha value is -2.24. The first-order valence-corrected chi connectivity index (χ1v) is 8.77. The molecule has 1 aliphatic heterocycles. The van der Waals surface area contributed by atoms with E-state index in [0.29, 0.717) is 26.1 Å². The third kappa shape index (κ3) is 6.48. The summed E-state index contributed by atoms with van der Waals surface area (Å²) in [5.74, 6) is 1.94. The van der Waals surface area contributed by atoms with E-state index in [9.17, 15) is 4.79 Å². The fraction of sp³-hybridized carbons (Fsp3) is 0.556. The standard InChI is InChI=1S/C18H28N4O2/c1-2-19-18(20-11-7-14-22-13-6-10-17(22)23)21-12-15-24-16-8-4-3-5-9-16/h3-5,8-9H,2,6-7,10-15H2,1H3,(H2,19,20,21). The summed E-state index contributed by atoms with van der Waals surface area (Å²) in [4.78, 5) is 18.0. The van der Waals surface area contributed by atoms with Gasteiger partial charge in [0.1, 0.15) is 12.4 Å². The Kier molecular flexibility index (Phi) is 7.93. The van der Waals surface area contributed by atoms with Gasteiger partial charge in [-0.25, -0.2) is 0 Å². The van der Waals surface area contributed by atoms with Gasteiger partial charge in [-0.2, -0.15) is 0 Å². The first-order chi connectivity index (χ1) is 11.8. The molecule has 0 unspecified atom stereocenters. The molecule has 1 fully saturated rings. The summed E-state index contributed by atoms with van der Waals surface area (Å²) in [5, 5.41) is 6.48. The quantitative estimate of drug-likeness (QED) is 0.410. The van der Waals surface area contributed by atoms with Gasteiger partial charge in [0.15, 0.2) is 5.96 Å². The van der Waals surface area contributed by atoms with Gasteiger partial charge in [-0.15, -0.1) is 0 Å². The normalized spacial score (nSPS) is 14.8. The van der Waals surface area contributed by atoms with Crippen molar-refractivity contribution in [3.05, 3.63) is 30.3 Å². The predicted molar refractivity (Wildman–Crippen MR) is 96.3 cm³/mol. The van der Waals surface area contributed by atoms with E-state index in [1.54, 1.807) is 0 Å². The van der Waals surface area contributed by atoms with Gasteiger partial charge < -0.3 is 20.3 Å². The van der Waals surface area contributed by atoms with Gasteiger partial charge in [0.05, 0.1) is 6.54 Å². The van der Waals surface area contributed by atoms with Gasteiger partial charge >= 0.3 is 0 Å². The van der Waals surface area contributed by atoms with E-state index in [-0.39, 0.29) is 5.91 Å². The van der Waals surface area contributed by atoms with Gasteiger partial charge in [-0.1, -0.05) is 18.2 Å². The van der Waals surface area contributed by atoms with Crippen LogP contribution in [0.1, 0.15) is 26.2 Å². The number of hydrogen-bond donors (Lipinski definition) is 2. The minimum atomic E-state index is 0.280. The maximum Gasteiger partial charge on any atom is 0.222 e. The fourth-order valence-corrected chi connectivity index (χ4v) is 2.59. The van der Waals surface area contributed by atoms with Gasteiger partial charge in [0, 0.05) is 32.6 Å². The molecule has 0 aliphatic carbocycles. The van der Waals surface area contributed by atoms with E-state index in [1.807, 2.05) is 42.2 Å². The third-order valence-electron chi connectivity index (χ3n) is 3.78. The number of nitrogens with zero attached hydrogens (tertiary/aromatic N) is 2. The molecule has 24 heavy (non-hydrogen) atoms. The van der Waals surface area contributed by atoms with Crippen LogP contribution in [0.3, 0.4) is 0 Å². The van der Waals surface area contributed by atoms with Crippen LogP contribution < -0.4 is 15.4 Å². The van der Waals surface area contributed by atoms with E-state index < -0.39 is 0 Å². The van der Waals surface area contributed by atoms with Crippen LogP contribution in [0, 0.1) is 0 Å². The number of hydrogen-bond acceptors (Lipinski definition) is 3. The molecule has 0 bridgehead atoms. The first-order valence-electron chi connectivity index (χ1n) is 8.77. The molecule has 0 saturated carbocycles. The molecule has 0 aromatic heterocycles. The van der Waals surface area contributed by atoms with Crippen LogP contribution in [-0.4, -0.2) is 56.1 Å². The second-order valence-electron chi connectivity index (χ2n) is 5.69. The second-order valence-corrected chi connectivity index (χ2v) is 5.69. The molecular weight excluding hydrogens is 304 g/mol. The number of carbonyl (C=O) groups excluding carboxylic acids is 1. The monoisotopic (exact) mass is 332 g/mol. The summed E-state index contributed by atoms with van der Waals surface area (Å²) in [6.07, 6.45) is 2.59. The summed E-state index contributed by atoms with van der Waals surface area (Å²) in [6, 6.07) is 9.77. The van der Waals surface area contributed by atoms with Crippen molar-refractivity contribution >= 4 is 11.9 Å². The molecule has 1 aromatic rings. The highest BCUT2D eigenvalue weighted by Crippen LogP contribution is 2.09. The highest BCUT2D eigenvalue weighted by molar-refractivity contribution is 5.79. The molecule has 1 heterocycles.